The molecule has 13 aromatic rings. The van der Waals surface area contributed by atoms with Crippen LogP contribution in [0.2, 0.25) is 0 Å². The summed E-state index contributed by atoms with van der Waals surface area (Å²) in [5.41, 5.74) is 7.72. The highest BCUT2D eigenvalue weighted by Gasteiger charge is 2.21. The molecule has 4 nitrogen and oxygen atoms in total. The van der Waals surface area contributed by atoms with Gasteiger partial charge in [0.15, 0.2) is 5.82 Å². The minimum absolute atomic E-state index is 0.712. The van der Waals surface area contributed by atoms with Crippen molar-refractivity contribution in [3.63, 3.8) is 0 Å². The third-order valence-electron chi connectivity index (χ3n) is 12.3. The van der Waals surface area contributed by atoms with Crippen LogP contribution in [0, 0.1) is 0 Å². The van der Waals surface area contributed by atoms with Crippen LogP contribution < -0.4 is 0 Å². The Morgan fingerprint density at radius 3 is 1.78 bits per heavy atom. The average molecular weight is 737 g/mol. The Kier molecular flexibility index (Phi) is 6.41. The van der Waals surface area contributed by atoms with Crippen molar-refractivity contribution in [3.05, 3.63) is 194 Å². The molecule has 0 aliphatic carbocycles. The first-order valence-electron chi connectivity index (χ1n) is 19.8. The molecule has 0 amide bonds. The van der Waals surface area contributed by atoms with Gasteiger partial charge in [-0.2, -0.15) is 0 Å². The minimum atomic E-state index is 0.712. The van der Waals surface area contributed by atoms with Gasteiger partial charge in [0.1, 0.15) is 5.82 Å². The summed E-state index contributed by atoms with van der Waals surface area (Å²) < 4.78 is 4.82. The number of para-hydroxylation sites is 3. The van der Waals surface area contributed by atoms with Crippen LogP contribution in [0.5, 0.6) is 0 Å². The van der Waals surface area contributed by atoms with Gasteiger partial charge in [-0.15, -0.1) is 0 Å². The predicted molar refractivity (Wildman–Crippen MR) is 244 cm³/mol. The van der Waals surface area contributed by atoms with E-state index >= 15 is 0 Å². The van der Waals surface area contributed by atoms with Crippen LogP contribution in [0.15, 0.2) is 194 Å². The van der Waals surface area contributed by atoms with Crippen LogP contribution in [0.25, 0.3) is 120 Å². The van der Waals surface area contributed by atoms with Crippen LogP contribution in [0.4, 0.5) is 0 Å². The van der Waals surface area contributed by atoms with Crippen LogP contribution in [0.3, 0.4) is 0 Å². The third kappa shape index (κ3) is 4.34. The zero-order valence-corrected chi connectivity index (χ0v) is 31.3. The second-order valence-corrected chi connectivity index (χ2v) is 15.3. The van der Waals surface area contributed by atoms with Crippen LogP contribution in [-0.2, 0) is 0 Å². The number of benzene rings is 10. The maximum Gasteiger partial charge on any atom is 0.162 e. The summed E-state index contributed by atoms with van der Waals surface area (Å²) in [7, 11) is 0. The van der Waals surface area contributed by atoms with Gasteiger partial charge in [-0.25, -0.2) is 9.97 Å². The summed E-state index contributed by atoms with van der Waals surface area (Å²) in [5.74, 6) is 1.58. The molecular weight excluding hydrogens is 705 g/mol. The molecule has 0 aliphatic heterocycles. The maximum absolute atomic E-state index is 5.55. The predicted octanol–water partition coefficient (Wildman–Crippen LogP) is 14.1. The highest BCUT2D eigenvalue weighted by molar-refractivity contribution is 6.22. The van der Waals surface area contributed by atoms with Crippen molar-refractivity contribution >= 4 is 97.6 Å². The van der Waals surface area contributed by atoms with Crippen LogP contribution in [-0.4, -0.2) is 19.1 Å². The molecular formula is C54H32N4. The fraction of sp³-hybridized carbons (Fsp3) is 0. The summed E-state index contributed by atoms with van der Waals surface area (Å²) in [4.78, 5) is 10.8. The Hall–Kier alpha value is -7.82. The summed E-state index contributed by atoms with van der Waals surface area (Å²) >= 11 is 0. The SMILES string of the molecule is c1cc(-n2c3ccccc3c3c4ccccc4ccc32)c2cc3c4ccccc4n(-c4nc(-c5cc6ccccc6c6ccccc56)nc5ccccc45)c3cc2c1. The zero-order chi connectivity index (χ0) is 37.9. The molecule has 0 radical (unpaired) electrons. The van der Waals surface area contributed by atoms with Crippen molar-refractivity contribution in [2.45, 2.75) is 0 Å². The van der Waals surface area contributed by atoms with Crippen LogP contribution >= 0.6 is 0 Å². The van der Waals surface area contributed by atoms with Crippen LogP contribution in [0.1, 0.15) is 0 Å². The molecule has 0 fully saturated rings. The van der Waals surface area contributed by atoms with Gasteiger partial charge in [-0.05, 0) is 92.3 Å². The largest absolute Gasteiger partial charge is 0.309 e. The Bertz CT molecular complexity index is 3870. The number of hydrogen-bond acceptors (Lipinski definition) is 2. The lowest BCUT2D eigenvalue weighted by Crippen LogP contribution is -2.03. The van der Waals surface area contributed by atoms with E-state index in [1.165, 1.54) is 70.3 Å². The zero-order valence-electron chi connectivity index (χ0n) is 31.3. The lowest BCUT2D eigenvalue weighted by molar-refractivity contribution is 1.08. The van der Waals surface area contributed by atoms with Gasteiger partial charge in [0.2, 0.25) is 0 Å². The second-order valence-electron chi connectivity index (χ2n) is 15.3. The highest BCUT2D eigenvalue weighted by Crippen LogP contribution is 2.42. The van der Waals surface area contributed by atoms with E-state index in [0.717, 1.165) is 44.4 Å². The lowest BCUT2D eigenvalue weighted by atomic mass is 9.97. The van der Waals surface area contributed by atoms with Gasteiger partial charge in [-0.1, -0.05) is 140 Å². The number of fused-ring (bicyclic) bond motifs is 13. The Labute approximate surface area is 332 Å². The molecule has 3 heterocycles. The van der Waals surface area contributed by atoms with Crippen molar-refractivity contribution in [1.82, 2.24) is 19.1 Å². The molecule has 0 bridgehead atoms. The minimum Gasteiger partial charge on any atom is -0.309 e. The Morgan fingerprint density at radius 2 is 0.931 bits per heavy atom. The molecule has 0 unspecified atom stereocenters. The van der Waals surface area contributed by atoms with E-state index in [2.05, 4.69) is 203 Å². The van der Waals surface area contributed by atoms with Crippen molar-refractivity contribution in [2.75, 3.05) is 0 Å². The molecule has 0 atom stereocenters. The Balaban J connectivity index is 1.11. The van der Waals surface area contributed by atoms with Crippen molar-refractivity contribution in [2.24, 2.45) is 0 Å². The quantitative estimate of drug-likeness (QED) is 0.169. The monoisotopic (exact) mass is 736 g/mol. The lowest BCUT2D eigenvalue weighted by Gasteiger charge is -2.15. The fourth-order valence-corrected chi connectivity index (χ4v) is 9.74. The highest BCUT2D eigenvalue weighted by atomic mass is 15.1. The molecule has 4 heteroatoms. The summed E-state index contributed by atoms with van der Waals surface area (Å²) in [6.45, 7) is 0. The average Bonchev–Trinajstić information content (AvgIpc) is 3.80. The molecule has 58 heavy (non-hydrogen) atoms. The van der Waals surface area contributed by atoms with Crippen molar-refractivity contribution in [1.29, 1.82) is 0 Å². The van der Waals surface area contributed by atoms with Crippen molar-refractivity contribution < 1.29 is 0 Å². The van der Waals surface area contributed by atoms with E-state index in [4.69, 9.17) is 9.97 Å². The smallest absolute Gasteiger partial charge is 0.162 e. The molecule has 0 saturated heterocycles. The van der Waals surface area contributed by atoms with Gasteiger partial charge in [0.05, 0.1) is 33.3 Å². The molecule has 0 N–H and O–H groups in total. The Morgan fingerprint density at radius 1 is 0.310 bits per heavy atom. The summed E-state index contributed by atoms with van der Waals surface area (Å²) in [6, 6.07) is 70.2. The fourth-order valence-electron chi connectivity index (χ4n) is 9.74. The van der Waals surface area contributed by atoms with Gasteiger partial charge in [0, 0.05) is 37.9 Å². The van der Waals surface area contributed by atoms with Gasteiger partial charge < -0.3 is 4.57 Å². The van der Waals surface area contributed by atoms with E-state index in [-0.39, 0.29) is 0 Å². The third-order valence-corrected chi connectivity index (χ3v) is 12.3. The maximum atomic E-state index is 5.55. The van der Waals surface area contributed by atoms with Gasteiger partial charge >= 0.3 is 0 Å². The van der Waals surface area contributed by atoms with Crippen molar-refractivity contribution in [3.8, 4) is 22.9 Å². The second kappa shape index (κ2) is 11.8. The number of rotatable bonds is 3. The van der Waals surface area contributed by atoms with E-state index in [1.807, 2.05) is 0 Å². The standard InChI is InChI=1S/C54H32N4/c1-4-18-37-33(14-1)28-29-50-52(37)42-23-9-12-26-48(42)57(50)49-27-13-16-35-31-51-44(32-43(35)49)40-21-8-11-25-47(40)58(51)54-41-22-7-10-24-46(41)55-53(56-54)45-30-34-15-2-3-17-36(34)38-19-5-6-20-39(38)45/h1-32H. The topological polar surface area (TPSA) is 35.6 Å². The molecule has 13 rings (SSSR count). The number of aromatic nitrogens is 4. The van der Waals surface area contributed by atoms with E-state index < -0.39 is 0 Å². The molecule has 3 aromatic heterocycles. The first-order valence-corrected chi connectivity index (χ1v) is 19.8. The normalized spacial score (nSPS) is 12.1. The molecule has 0 spiro atoms. The number of hydrogen-bond donors (Lipinski definition) is 0. The van der Waals surface area contributed by atoms with E-state index in [9.17, 15) is 0 Å². The molecule has 10 aromatic carbocycles. The van der Waals surface area contributed by atoms with Gasteiger partial charge in [0.25, 0.3) is 0 Å². The van der Waals surface area contributed by atoms with E-state index in [0.29, 0.717) is 5.82 Å². The first kappa shape index (κ1) is 31.4. The number of nitrogens with zero attached hydrogens (tertiary/aromatic N) is 4. The van der Waals surface area contributed by atoms with Gasteiger partial charge in [-0.3, -0.25) is 4.57 Å². The van der Waals surface area contributed by atoms with E-state index in [1.54, 1.807) is 0 Å². The summed E-state index contributed by atoms with van der Waals surface area (Å²) in [5, 5.41) is 15.5. The molecule has 268 valence electrons. The summed E-state index contributed by atoms with van der Waals surface area (Å²) in [6.07, 6.45) is 0. The molecule has 0 aliphatic rings. The first-order chi connectivity index (χ1) is 28.8. The molecule has 0 saturated carbocycles.